The molecule has 0 radical (unpaired) electrons. The largest absolute Gasteiger partial charge is 0.481 e. The van der Waals surface area contributed by atoms with E-state index < -0.39 is 35.8 Å². The Bertz CT molecular complexity index is 465. The van der Waals surface area contributed by atoms with Crippen LogP contribution in [0.1, 0.15) is 41.5 Å². The first-order chi connectivity index (χ1) is 10.2. The van der Waals surface area contributed by atoms with Crippen molar-refractivity contribution in [2.24, 2.45) is 11.8 Å². The van der Waals surface area contributed by atoms with E-state index in [1.54, 1.807) is 0 Å². The zero-order valence-electron chi connectivity index (χ0n) is 13.0. The highest BCUT2D eigenvalue weighted by Gasteiger charge is 2.32. The molecule has 0 bridgehead atoms. The molecule has 0 spiro atoms. The predicted molar refractivity (Wildman–Crippen MR) is 89.6 cm³/mol. The first-order valence-electron chi connectivity index (χ1n) is 7.15. The number of ether oxygens (including phenoxy) is 1. The number of hydrogen-bond acceptors (Lipinski definition) is 5. The number of hydrogen-bond donors (Lipinski definition) is 2. The fraction of sp³-hybridized carbons (Fsp3) is 0.750. The summed E-state index contributed by atoms with van der Waals surface area (Å²) in [5, 5.41) is 11.8. The molecular formula is C16H30N2O6. The number of ketones is 1. The van der Waals surface area contributed by atoms with Gasteiger partial charge in [-0.05, 0) is 19.8 Å². The lowest BCUT2D eigenvalue weighted by atomic mass is 9.90. The Morgan fingerprint density at radius 3 is 2.33 bits per heavy atom. The minimum absolute atomic E-state index is 0. The minimum Gasteiger partial charge on any atom is -0.481 e. The SMILES string of the molecule is C.C.CC(=O)[C@@H]1CCN(C)C(=O)OCC[C@H](C(=O)O)[C@@H](C)C(=O)N1. The number of aliphatic carboxylic acids is 1. The Morgan fingerprint density at radius 2 is 1.83 bits per heavy atom. The number of amides is 2. The summed E-state index contributed by atoms with van der Waals surface area (Å²) in [6.07, 6.45) is -0.295. The smallest absolute Gasteiger partial charge is 0.409 e. The molecule has 1 heterocycles. The molecular weight excluding hydrogens is 316 g/mol. The molecule has 0 saturated carbocycles. The summed E-state index contributed by atoms with van der Waals surface area (Å²) < 4.78 is 4.99. The number of carboxylic acids is 1. The van der Waals surface area contributed by atoms with E-state index in [4.69, 9.17) is 4.74 Å². The van der Waals surface area contributed by atoms with Gasteiger partial charge in [0.2, 0.25) is 5.91 Å². The molecule has 1 aliphatic rings. The van der Waals surface area contributed by atoms with Crippen LogP contribution >= 0.6 is 0 Å². The van der Waals surface area contributed by atoms with E-state index >= 15 is 0 Å². The van der Waals surface area contributed by atoms with Crippen molar-refractivity contribution in [3.8, 4) is 0 Å². The average molecular weight is 346 g/mol. The van der Waals surface area contributed by atoms with Crippen LogP contribution in [0.3, 0.4) is 0 Å². The van der Waals surface area contributed by atoms with Crippen molar-refractivity contribution in [2.75, 3.05) is 20.2 Å². The minimum atomic E-state index is -1.14. The van der Waals surface area contributed by atoms with E-state index in [9.17, 15) is 24.3 Å². The molecule has 0 unspecified atom stereocenters. The van der Waals surface area contributed by atoms with Gasteiger partial charge in [0.05, 0.1) is 18.6 Å². The van der Waals surface area contributed by atoms with Crippen molar-refractivity contribution >= 4 is 23.8 Å². The number of carbonyl (C=O) groups is 4. The second-order valence-corrected chi connectivity index (χ2v) is 5.52. The maximum absolute atomic E-state index is 12.2. The van der Waals surface area contributed by atoms with Crippen molar-refractivity contribution in [1.82, 2.24) is 10.2 Å². The average Bonchev–Trinajstić information content (AvgIpc) is 2.44. The molecule has 1 rings (SSSR count). The molecule has 0 aliphatic carbocycles. The third-order valence-corrected chi connectivity index (χ3v) is 3.86. The van der Waals surface area contributed by atoms with Crippen molar-refractivity contribution in [1.29, 1.82) is 0 Å². The topological polar surface area (TPSA) is 113 Å². The predicted octanol–water partition coefficient (Wildman–Crippen LogP) is 1.53. The monoisotopic (exact) mass is 346 g/mol. The summed E-state index contributed by atoms with van der Waals surface area (Å²) in [7, 11) is 1.52. The lowest BCUT2D eigenvalue weighted by Gasteiger charge is -2.26. The molecule has 1 fully saturated rings. The number of carboxylic acid groups (broad SMARTS) is 1. The van der Waals surface area contributed by atoms with Crippen LogP contribution in [0.4, 0.5) is 4.79 Å². The molecule has 1 saturated heterocycles. The molecule has 0 aromatic rings. The zero-order valence-corrected chi connectivity index (χ0v) is 13.0. The first-order valence-corrected chi connectivity index (χ1v) is 7.15. The van der Waals surface area contributed by atoms with Crippen molar-refractivity contribution < 1.29 is 29.0 Å². The normalized spacial score (nSPS) is 25.6. The number of nitrogens with zero attached hydrogens (tertiary/aromatic N) is 1. The molecule has 24 heavy (non-hydrogen) atoms. The number of carbonyl (C=O) groups excluding carboxylic acids is 3. The Balaban J connectivity index is 0. The Kier molecular flexibility index (Phi) is 10.7. The molecule has 0 aromatic carbocycles. The van der Waals surface area contributed by atoms with Gasteiger partial charge in [0.15, 0.2) is 5.78 Å². The first kappa shape index (κ1) is 24.1. The second-order valence-electron chi connectivity index (χ2n) is 5.52. The Labute approximate surface area is 143 Å². The molecule has 8 heteroatoms. The second kappa shape index (κ2) is 10.6. The van der Waals surface area contributed by atoms with Crippen molar-refractivity contribution in [3.05, 3.63) is 0 Å². The fourth-order valence-electron chi connectivity index (χ4n) is 2.25. The van der Waals surface area contributed by atoms with Gasteiger partial charge in [0, 0.05) is 19.5 Å². The molecule has 140 valence electrons. The van der Waals surface area contributed by atoms with Crippen LogP contribution in [-0.2, 0) is 19.1 Å². The van der Waals surface area contributed by atoms with Gasteiger partial charge in [-0.3, -0.25) is 14.4 Å². The summed E-state index contributed by atoms with van der Waals surface area (Å²) in [4.78, 5) is 48.1. The number of nitrogens with one attached hydrogen (secondary N) is 1. The molecule has 8 nitrogen and oxygen atoms in total. The maximum Gasteiger partial charge on any atom is 0.409 e. The van der Waals surface area contributed by atoms with Gasteiger partial charge in [-0.25, -0.2) is 4.79 Å². The number of rotatable bonds is 2. The summed E-state index contributed by atoms with van der Waals surface area (Å²) >= 11 is 0. The van der Waals surface area contributed by atoms with E-state index in [-0.39, 0.29) is 46.6 Å². The maximum atomic E-state index is 12.2. The highest BCUT2D eigenvalue weighted by molar-refractivity contribution is 5.90. The third kappa shape index (κ3) is 6.55. The van der Waals surface area contributed by atoms with E-state index in [0.717, 1.165) is 0 Å². The Morgan fingerprint density at radius 1 is 1.25 bits per heavy atom. The van der Waals surface area contributed by atoms with E-state index in [2.05, 4.69) is 5.32 Å². The van der Waals surface area contributed by atoms with Gasteiger partial charge in [-0.15, -0.1) is 0 Å². The van der Waals surface area contributed by atoms with Crippen LogP contribution in [0.15, 0.2) is 0 Å². The van der Waals surface area contributed by atoms with Gasteiger partial charge < -0.3 is 20.1 Å². The molecule has 2 amide bonds. The summed E-state index contributed by atoms with van der Waals surface area (Å²) in [5.41, 5.74) is 0. The van der Waals surface area contributed by atoms with Gasteiger partial charge in [-0.1, -0.05) is 21.8 Å². The van der Waals surface area contributed by atoms with Crippen molar-refractivity contribution in [2.45, 2.75) is 47.6 Å². The quantitative estimate of drug-likeness (QED) is 0.784. The fourth-order valence-corrected chi connectivity index (χ4v) is 2.25. The summed E-state index contributed by atoms with van der Waals surface area (Å²) in [6, 6.07) is -0.751. The number of cyclic esters (lactones) is 1. The number of Topliss-reactive ketones (excluding diaryl/α,β-unsaturated/α-hetero) is 1. The van der Waals surface area contributed by atoms with E-state index in [1.165, 1.54) is 25.8 Å². The van der Waals surface area contributed by atoms with Gasteiger partial charge in [-0.2, -0.15) is 0 Å². The van der Waals surface area contributed by atoms with Crippen LogP contribution in [0.5, 0.6) is 0 Å². The van der Waals surface area contributed by atoms with E-state index in [1.807, 2.05) is 0 Å². The summed E-state index contributed by atoms with van der Waals surface area (Å²) in [6.45, 7) is 3.01. The van der Waals surface area contributed by atoms with Crippen LogP contribution < -0.4 is 5.32 Å². The molecule has 3 atom stereocenters. The standard InChI is InChI=1S/C14H22N2O6.2CH4/c1-8-10(13(19)20)5-7-22-14(21)16(3)6-4-11(9(2)17)15-12(8)18;;/h8,10-11H,4-7H2,1-3H3,(H,15,18)(H,19,20);2*1H4/t8-,10+,11+;;/m1../s1. The third-order valence-electron chi connectivity index (χ3n) is 3.86. The summed E-state index contributed by atoms with van der Waals surface area (Å²) in [5.74, 6) is -3.67. The van der Waals surface area contributed by atoms with Crippen LogP contribution in [0.2, 0.25) is 0 Å². The Hall–Kier alpha value is -2.12. The van der Waals surface area contributed by atoms with Crippen LogP contribution in [-0.4, -0.2) is 60.0 Å². The van der Waals surface area contributed by atoms with Gasteiger partial charge in [0.1, 0.15) is 0 Å². The van der Waals surface area contributed by atoms with E-state index in [0.29, 0.717) is 0 Å². The molecule has 1 aliphatic heterocycles. The molecule has 0 aromatic heterocycles. The lowest BCUT2D eigenvalue weighted by molar-refractivity contribution is -0.147. The highest BCUT2D eigenvalue weighted by atomic mass is 16.6. The van der Waals surface area contributed by atoms with Crippen LogP contribution in [0, 0.1) is 11.8 Å². The lowest BCUT2D eigenvalue weighted by Crippen LogP contribution is -2.47. The van der Waals surface area contributed by atoms with Crippen molar-refractivity contribution in [3.63, 3.8) is 0 Å². The van der Waals surface area contributed by atoms with Crippen LogP contribution in [0.25, 0.3) is 0 Å². The molecule has 2 N–H and O–H groups in total. The van der Waals surface area contributed by atoms with Gasteiger partial charge in [0.25, 0.3) is 0 Å². The zero-order chi connectivity index (χ0) is 16.9. The highest BCUT2D eigenvalue weighted by Crippen LogP contribution is 2.18. The van der Waals surface area contributed by atoms with Gasteiger partial charge >= 0.3 is 12.1 Å².